The number of phosphoric acid groups is 1. The SMILES string of the molecule is C=C(C)C(=O)OOP(=O)([O-])OCC.[Li+]. The molecule has 0 saturated heterocycles. The van der Waals surface area contributed by atoms with Crippen molar-refractivity contribution in [3.8, 4) is 0 Å². The second-order valence-corrected chi connectivity index (χ2v) is 3.39. The van der Waals surface area contributed by atoms with E-state index in [1.807, 2.05) is 0 Å². The Morgan fingerprint density at radius 3 is 2.43 bits per heavy atom. The molecule has 0 amide bonds. The van der Waals surface area contributed by atoms with Crippen LogP contribution in [0, 0.1) is 0 Å². The summed E-state index contributed by atoms with van der Waals surface area (Å²) < 4.78 is 18.5. The quantitative estimate of drug-likeness (QED) is 0.167. The molecule has 6 nitrogen and oxygen atoms in total. The Labute approximate surface area is 93.9 Å². The third-order valence-electron chi connectivity index (χ3n) is 0.840. The standard InChI is InChI=1S/C6H11O6P.Li/c1-4-10-13(8,9)12-11-6(7)5(2)3;/h2,4H2,1,3H3,(H,8,9);/q;+1/p-1. The fourth-order valence-corrected chi connectivity index (χ4v) is 0.848. The number of carbonyl (C=O) groups excluding carboxylic acids is 1. The molecule has 0 rings (SSSR count). The number of carbonyl (C=O) groups is 1. The van der Waals surface area contributed by atoms with Gasteiger partial charge in [-0.1, -0.05) is 6.58 Å². The van der Waals surface area contributed by atoms with E-state index >= 15 is 0 Å². The van der Waals surface area contributed by atoms with E-state index in [9.17, 15) is 14.3 Å². The molecule has 0 saturated carbocycles. The van der Waals surface area contributed by atoms with E-state index < -0.39 is 13.8 Å². The Kier molecular flexibility index (Phi) is 8.46. The molecule has 0 spiro atoms. The average Bonchev–Trinajstić information content (AvgIpc) is 2.00. The summed E-state index contributed by atoms with van der Waals surface area (Å²) >= 11 is 0. The number of hydrogen-bond donors (Lipinski definition) is 0. The second-order valence-electron chi connectivity index (χ2n) is 2.09. The first-order valence-electron chi connectivity index (χ1n) is 3.40. The van der Waals surface area contributed by atoms with Gasteiger partial charge >= 0.3 is 32.7 Å². The van der Waals surface area contributed by atoms with Crippen LogP contribution in [0.2, 0.25) is 0 Å². The molecule has 1 atom stereocenters. The van der Waals surface area contributed by atoms with Crippen LogP contribution < -0.4 is 23.8 Å². The van der Waals surface area contributed by atoms with Crippen molar-refractivity contribution in [3.63, 3.8) is 0 Å². The Balaban J connectivity index is 0. The molecule has 0 aromatic rings. The van der Waals surface area contributed by atoms with Gasteiger partial charge < -0.3 is 9.42 Å². The fourth-order valence-electron chi connectivity index (χ4n) is 0.330. The molecule has 0 N–H and O–H groups in total. The summed E-state index contributed by atoms with van der Waals surface area (Å²) in [5, 5.41) is 0. The van der Waals surface area contributed by atoms with Crippen LogP contribution >= 0.6 is 7.82 Å². The molecular formula is C6H10LiO6P. The van der Waals surface area contributed by atoms with Gasteiger partial charge in [-0.05, 0) is 13.8 Å². The van der Waals surface area contributed by atoms with Crippen LogP contribution in [0.4, 0.5) is 0 Å². The first-order valence-corrected chi connectivity index (χ1v) is 4.87. The Morgan fingerprint density at radius 2 is 2.07 bits per heavy atom. The molecule has 0 radical (unpaired) electrons. The molecule has 0 fully saturated rings. The van der Waals surface area contributed by atoms with E-state index in [1.165, 1.54) is 13.8 Å². The van der Waals surface area contributed by atoms with E-state index in [2.05, 4.69) is 20.7 Å². The van der Waals surface area contributed by atoms with Crippen molar-refractivity contribution in [1.82, 2.24) is 0 Å². The minimum Gasteiger partial charge on any atom is -0.754 e. The predicted octanol–water partition coefficient (Wildman–Crippen LogP) is -2.45. The summed E-state index contributed by atoms with van der Waals surface area (Å²) in [6.07, 6.45) is 0. The molecule has 0 heterocycles. The monoisotopic (exact) mass is 216 g/mol. The zero-order valence-electron chi connectivity index (χ0n) is 8.31. The first-order chi connectivity index (χ1) is 5.89. The van der Waals surface area contributed by atoms with Gasteiger partial charge in [0.15, 0.2) is 0 Å². The Bertz CT molecular complexity index is 253. The van der Waals surface area contributed by atoms with E-state index in [0.29, 0.717) is 0 Å². The number of phosphoric ester groups is 1. The minimum absolute atomic E-state index is 0. The van der Waals surface area contributed by atoms with Gasteiger partial charge in [0, 0.05) is 5.57 Å². The van der Waals surface area contributed by atoms with Crippen LogP contribution in [0.25, 0.3) is 0 Å². The molecule has 76 valence electrons. The van der Waals surface area contributed by atoms with Crippen molar-refractivity contribution in [1.29, 1.82) is 0 Å². The molecule has 0 aromatic carbocycles. The predicted molar refractivity (Wildman–Crippen MR) is 41.2 cm³/mol. The summed E-state index contributed by atoms with van der Waals surface area (Å²) in [5.74, 6) is -0.962. The molecule has 1 unspecified atom stereocenters. The van der Waals surface area contributed by atoms with Crippen LogP contribution in [0.3, 0.4) is 0 Å². The van der Waals surface area contributed by atoms with E-state index in [1.54, 1.807) is 0 Å². The molecule has 8 heteroatoms. The smallest absolute Gasteiger partial charge is 0.754 e. The van der Waals surface area contributed by atoms with Gasteiger partial charge in [-0.2, -0.15) is 0 Å². The van der Waals surface area contributed by atoms with Crippen LogP contribution in [0.15, 0.2) is 12.2 Å². The molecule has 0 aliphatic heterocycles. The van der Waals surface area contributed by atoms with Crippen molar-refractivity contribution >= 4 is 13.8 Å². The van der Waals surface area contributed by atoms with Gasteiger partial charge in [0.2, 0.25) is 0 Å². The van der Waals surface area contributed by atoms with E-state index in [4.69, 9.17) is 0 Å². The third-order valence-corrected chi connectivity index (χ3v) is 1.67. The number of rotatable bonds is 5. The van der Waals surface area contributed by atoms with Gasteiger partial charge in [-0.25, -0.2) is 4.79 Å². The summed E-state index contributed by atoms with van der Waals surface area (Å²) in [5.41, 5.74) is 0.0245. The molecule has 0 aliphatic carbocycles. The summed E-state index contributed by atoms with van der Waals surface area (Å²) in [4.78, 5) is 25.1. The van der Waals surface area contributed by atoms with Crippen molar-refractivity contribution in [2.45, 2.75) is 13.8 Å². The summed E-state index contributed by atoms with van der Waals surface area (Å²) in [7, 11) is -4.52. The topological polar surface area (TPSA) is 84.9 Å². The van der Waals surface area contributed by atoms with Crippen molar-refractivity contribution < 1.29 is 47.2 Å². The van der Waals surface area contributed by atoms with Gasteiger partial charge in [0.25, 0.3) is 0 Å². The van der Waals surface area contributed by atoms with Gasteiger partial charge in [-0.3, -0.25) is 9.45 Å². The molecule has 0 aromatic heterocycles. The maximum atomic E-state index is 10.6. The van der Waals surface area contributed by atoms with Crippen molar-refractivity contribution in [3.05, 3.63) is 12.2 Å². The van der Waals surface area contributed by atoms with Crippen molar-refractivity contribution in [2.24, 2.45) is 0 Å². The minimum atomic E-state index is -4.52. The van der Waals surface area contributed by atoms with Gasteiger partial charge in [-0.15, -0.1) is 4.67 Å². The largest absolute Gasteiger partial charge is 1.00 e. The molecule has 0 aliphatic rings. The first kappa shape index (κ1) is 16.4. The fraction of sp³-hybridized carbons (Fsp3) is 0.500. The molecule has 0 bridgehead atoms. The second kappa shape index (κ2) is 7.24. The summed E-state index contributed by atoms with van der Waals surface area (Å²) in [6, 6.07) is 0. The maximum Gasteiger partial charge on any atom is 1.00 e. The zero-order chi connectivity index (χ0) is 10.5. The number of hydrogen-bond acceptors (Lipinski definition) is 6. The normalized spacial score (nSPS) is 13.6. The zero-order valence-corrected chi connectivity index (χ0v) is 9.21. The Hall–Kier alpha value is -0.0826. The van der Waals surface area contributed by atoms with Crippen LogP contribution in [-0.4, -0.2) is 12.6 Å². The summed E-state index contributed by atoms with van der Waals surface area (Å²) in [6.45, 7) is 5.92. The third kappa shape index (κ3) is 7.33. The maximum absolute atomic E-state index is 10.6. The average molecular weight is 216 g/mol. The Morgan fingerprint density at radius 1 is 1.57 bits per heavy atom. The molecular weight excluding hydrogens is 206 g/mol. The molecule has 14 heavy (non-hydrogen) atoms. The van der Waals surface area contributed by atoms with Crippen LogP contribution in [0.5, 0.6) is 0 Å². The van der Waals surface area contributed by atoms with Crippen LogP contribution in [0.1, 0.15) is 13.8 Å². The van der Waals surface area contributed by atoms with Gasteiger partial charge in [0.05, 0.1) is 6.61 Å². The van der Waals surface area contributed by atoms with E-state index in [0.717, 1.165) is 0 Å². The van der Waals surface area contributed by atoms with Crippen molar-refractivity contribution in [2.75, 3.05) is 6.61 Å². The van der Waals surface area contributed by atoms with Crippen LogP contribution in [-0.2, 0) is 23.4 Å². The van der Waals surface area contributed by atoms with E-state index in [-0.39, 0.29) is 31.0 Å². The van der Waals surface area contributed by atoms with Gasteiger partial charge in [0.1, 0.15) is 0 Å².